The molecule has 19 heavy (non-hydrogen) atoms. The molecule has 1 unspecified atom stereocenters. The number of carbonyl (C=O) groups is 1. The van der Waals surface area contributed by atoms with E-state index < -0.39 is 14.3 Å². The van der Waals surface area contributed by atoms with Gasteiger partial charge in [-0.1, -0.05) is 23.2 Å². The molecule has 1 fully saturated rings. The van der Waals surface area contributed by atoms with Crippen LogP contribution < -0.4 is 4.90 Å². The molecular formula is C10H7BrCl3NO3S. The first kappa shape index (κ1) is 15.4. The van der Waals surface area contributed by atoms with E-state index in [2.05, 4.69) is 15.9 Å². The highest BCUT2D eigenvalue weighted by Crippen LogP contribution is 2.39. The molecule has 1 saturated heterocycles. The first-order valence-electron chi connectivity index (χ1n) is 5.09. The summed E-state index contributed by atoms with van der Waals surface area (Å²) >= 11 is 15.3. The molecule has 1 aliphatic heterocycles. The van der Waals surface area contributed by atoms with E-state index >= 15 is 0 Å². The SMILES string of the molecule is O=C1CC(S(=O)(=O)Cl)CN1c1ccc(Br)c(Cl)c1Cl. The zero-order valence-corrected chi connectivity index (χ0v) is 13.9. The summed E-state index contributed by atoms with van der Waals surface area (Å²) in [5.74, 6) is -0.352. The minimum atomic E-state index is -3.78. The number of carbonyl (C=O) groups excluding carboxylic acids is 1. The van der Waals surface area contributed by atoms with Crippen LogP contribution in [-0.4, -0.2) is 26.1 Å². The van der Waals surface area contributed by atoms with Gasteiger partial charge in [-0.3, -0.25) is 4.79 Å². The molecule has 1 heterocycles. The minimum Gasteiger partial charge on any atom is -0.309 e. The summed E-state index contributed by atoms with van der Waals surface area (Å²) in [5.41, 5.74) is 0.377. The van der Waals surface area contributed by atoms with E-state index in [1.54, 1.807) is 12.1 Å². The monoisotopic (exact) mass is 405 g/mol. The van der Waals surface area contributed by atoms with Gasteiger partial charge in [-0.05, 0) is 28.1 Å². The van der Waals surface area contributed by atoms with Gasteiger partial charge in [-0.15, -0.1) is 0 Å². The van der Waals surface area contributed by atoms with Crippen LogP contribution in [0.1, 0.15) is 6.42 Å². The molecule has 104 valence electrons. The zero-order valence-electron chi connectivity index (χ0n) is 9.24. The number of amides is 1. The fourth-order valence-electron chi connectivity index (χ4n) is 1.82. The van der Waals surface area contributed by atoms with Crippen LogP contribution in [0.3, 0.4) is 0 Å². The molecule has 0 spiro atoms. The number of benzene rings is 1. The lowest BCUT2D eigenvalue weighted by molar-refractivity contribution is -0.117. The lowest BCUT2D eigenvalue weighted by Crippen LogP contribution is -2.27. The second-order valence-corrected chi connectivity index (χ2v) is 8.52. The third kappa shape index (κ3) is 3.03. The lowest BCUT2D eigenvalue weighted by Gasteiger charge is -2.18. The Bertz CT molecular complexity index is 650. The van der Waals surface area contributed by atoms with Gasteiger partial charge in [0.2, 0.25) is 15.0 Å². The predicted molar refractivity (Wildman–Crippen MR) is 79.7 cm³/mol. The Labute approximate surface area is 133 Å². The Morgan fingerprint density at radius 2 is 1.89 bits per heavy atom. The van der Waals surface area contributed by atoms with Gasteiger partial charge >= 0.3 is 0 Å². The van der Waals surface area contributed by atoms with Crippen LogP contribution in [0.25, 0.3) is 0 Å². The second kappa shape index (κ2) is 5.41. The van der Waals surface area contributed by atoms with Gasteiger partial charge < -0.3 is 4.90 Å². The van der Waals surface area contributed by atoms with Crippen LogP contribution in [0.15, 0.2) is 16.6 Å². The molecule has 9 heteroatoms. The topological polar surface area (TPSA) is 54.5 Å². The molecule has 1 amide bonds. The van der Waals surface area contributed by atoms with E-state index in [1.165, 1.54) is 4.90 Å². The normalized spacial score (nSPS) is 20.1. The second-order valence-electron chi connectivity index (χ2n) is 4.00. The molecule has 0 aliphatic carbocycles. The molecule has 2 rings (SSSR count). The van der Waals surface area contributed by atoms with Gasteiger partial charge in [0.05, 0.1) is 15.7 Å². The molecule has 1 aliphatic rings. The van der Waals surface area contributed by atoms with Crippen molar-refractivity contribution in [3.8, 4) is 0 Å². The first-order chi connectivity index (χ1) is 8.71. The molecule has 0 radical (unpaired) electrons. The van der Waals surface area contributed by atoms with Crippen molar-refractivity contribution in [2.45, 2.75) is 11.7 Å². The Morgan fingerprint density at radius 3 is 2.42 bits per heavy atom. The maximum absolute atomic E-state index is 11.9. The summed E-state index contributed by atoms with van der Waals surface area (Å²) in [4.78, 5) is 13.2. The van der Waals surface area contributed by atoms with E-state index in [1.807, 2.05) is 0 Å². The third-order valence-corrected chi connectivity index (χ3v) is 6.42. The van der Waals surface area contributed by atoms with E-state index in [-0.39, 0.29) is 28.9 Å². The minimum absolute atomic E-state index is 0.0254. The highest BCUT2D eigenvalue weighted by Gasteiger charge is 2.38. The van der Waals surface area contributed by atoms with Crippen LogP contribution in [0, 0.1) is 0 Å². The molecule has 0 aromatic heterocycles. The van der Waals surface area contributed by atoms with E-state index in [9.17, 15) is 13.2 Å². The summed E-state index contributed by atoms with van der Waals surface area (Å²) in [6, 6.07) is 3.23. The van der Waals surface area contributed by atoms with Crippen molar-refractivity contribution in [1.29, 1.82) is 0 Å². The Balaban J connectivity index is 2.39. The fraction of sp³-hybridized carbons (Fsp3) is 0.300. The number of hydrogen-bond donors (Lipinski definition) is 0. The summed E-state index contributed by atoms with van der Waals surface area (Å²) in [5, 5.41) is -0.471. The van der Waals surface area contributed by atoms with Crippen molar-refractivity contribution in [3.05, 3.63) is 26.7 Å². The van der Waals surface area contributed by atoms with Gasteiger partial charge in [0.15, 0.2) is 0 Å². The number of anilines is 1. The van der Waals surface area contributed by atoms with Crippen molar-refractivity contribution in [2.75, 3.05) is 11.4 Å². The number of rotatable bonds is 2. The summed E-state index contributed by atoms with van der Waals surface area (Å²) < 4.78 is 23.2. The maximum atomic E-state index is 11.9. The zero-order chi connectivity index (χ0) is 14.4. The highest BCUT2D eigenvalue weighted by atomic mass is 79.9. The average molecular weight is 408 g/mol. The molecule has 0 bridgehead atoms. The van der Waals surface area contributed by atoms with Gasteiger partial charge in [-0.25, -0.2) is 8.42 Å². The van der Waals surface area contributed by atoms with E-state index in [4.69, 9.17) is 33.9 Å². The lowest BCUT2D eigenvalue weighted by atomic mass is 10.3. The quantitative estimate of drug-likeness (QED) is 0.558. The van der Waals surface area contributed by atoms with E-state index in [0.717, 1.165) is 0 Å². The van der Waals surface area contributed by atoms with Gasteiger partial charge in [-0.2, -0.15) is 0 Å². The van der Waals surface area contributed by atoms with Crippen LogP contribution >= 0.6 is 49.8 Å². The number of hydrogen-bond acceptors (Lipinski definition) is 3. The Morgan fingerprint density at radius 1 is 1.26 bits per heavy atom. The molecule has 0 saturated carbocycles. The summed E-state index contributed by atoms with van der Waals surface area (Å²) in [6.07, 6.45) is -0.157. The highest BCUT2D eigenvalue weighted by molar-refractivity contribution is 9.10. The van der Waals surface area contributed by atoms with Gasteiger partial charge in [0.1, 0.15) is 5.25 Å². The summed E-state index contributed by atoms with van der Waals surface area (Å²) in [6.45, 7) is -0.0254. The first-order valence-corrected chi connectivity index (χ1v) is 9.01. The maximum Gasteiger partial charge on any atom is 0.237 e. The van der Waals surface area contributed by atoms with Gasteiger partial charge in [0, 0.05) is 28.1 Å². The molecule has 0 N–H and O–H groups in total. The standard InChI is InChI=1S/C10H7BrCl3NO3S/c11-6-1-2-7(10(13)9(6)12)15-4-5(3-8(15)16)19(14,17)18/h1-2,5H,3-4H2. The smallest absolute Gasteiger partial charge is 0.237 e. The molecule has 1 aromatic rings. The van der Waals surface area contributed by atoms with Gasteiger partial charge in [0.25, 0.3) is 0 Å². The van der Waals surface area contributed by atoms with Crippen LogP contribution in [0.4, 0.5) is 5.69 Å². The van der Waals surface area contributed by atoms with Crippen LogP contribution in [0.2, 0.25) is 10.0 Å². The number of nitrogens with zero attached hydrogens (tertiary/aromatic N) is 1. The molecule has 1 atom stereocenters. The van der Waals surface area contributed by atoms with Crippen molar-refractivity contribution < 1.29 is 13.2 Å². The van der Waals surface area contributed by atoms with Crippen LogP contribution in [0.5, 0.6) is 0 Å². The van der Waals surface area contributed by atoms with Crippen LogP contribution in [-0.2, 0) is 13.8 Å². The third-order valence-electron chi connectivity index (χ3n) is 2.79. The van der Waals surface area contributed by atoms with E-state index in [0.29, 0.717) is 10.2 Å². The molecule has 4 nitrogen and oxygen atoms in total. The van der Waals surface area contributed by atoms with Crippen molar-refractivity contribution in [2.24, 2.45) is 0 Å². The van der Waals surface area contributed by atoms with Crippen molar-refractivity contribution in [1.82, 2.24) is 0 Å². The largest absolute Gasteiger partial charge is 0.309 e. The fourth-order valence-corrected chi connectivity index (χ4v) is 3.72. The average Bonchev–Trinajstić information content (AvgIpc) is 2.68. The number of halogens is 4. The van der Waals surface area contributed by atoms with Crippen molar-refractivity contribution >= 4 is 70.5 Å². The molecule has 1 aromatic carbocycles. The Kier molecular flexibility index (Phi) is 4.38. The summed E-state index contributed by atoms with van der Waals surface area (Å²) in [7, 11) is 1.50. The van der Waals surface area contributed by atoms with Crippen molar-refractivity contribution in [3.63, 3.8) is 0 Å². The molecular weight excluding hydrogens is 400 g/mol. The predicted octanol–water partition coefficient (Wildman–Crippen LogP) is 3.43. The Hall–Kier alpha value is -0.0100.